The number of carbonyl (C=O) groups is 1. The molecule has 0 unspecified atom stereocenters. The molecule has 1 amide bonds. The van der Waals surface area contributed by atoms with Crippen LogP contribution in [0.15, 0.2) is 58.7 Å². The zero-order valence-electron chi connectivity index (χ0n) is 16.1. The summed E-state index contributed by atoms with van der Waals surface area (Å²) in [6.07, 6.45) is 3.55. The van der Waals surface area contributed by atoms with Crippen molar-refractivity contribution in [2.24, 2.45) is 0 Å². The number of hydrogen-bond donors (Lipinski definition) is 1. The van der Waals surface area contributed by atoms with Gasteiger partial charge in [0.05, 0.1) is 18.8 Å². The summed E-state index contributed by atoms with van der Waals surface area (Å²) in [5, 5.41) is 3.78. The third-order valence-corrected chi connectivity index (χ3v) is 5.25. The molecular weight excluding hydrogens is 375 g/mol. The van der Waals surface area contributed by atoms with Crippen LogP contribution < -0.4 is 5.32 Å². The van der Waals surface area contributed by atoms with E-state index in [4.69, 9.17) is 4.98 Å². The molecule has 0 radical (unpaired) electrons. The molecule has 3 rings (SSSR count). The lowest BCUT2D eigenvalue weighted by Crippen LogP contribution is -2.22. The number of aromatic nitrogens is 3. The first-order valence-electron chi connectivity index (χ1n) is 9.10. The van der Waals surface area contributed by atoms with Gasteiger partial charge in [-0.15, -0.1) is 0 Å². The number of nitrogens with zero attached hydrogens (tertiary/aromatic N) is 3. The van der Waals surface area contributed by atoms with Crippen molar-refractivity contribution in [3.8, 4) is 0 Å². The molecule has 146 valence electrons. The van der Waals surface area contributed by atoms with Crippen LogP contribution in [0.5, 0.6) is 0 Å². The quantitative estimate of drug-likeness (QED) is 0.642. The van der Waals surface area contributed by atoms with Crippen molar-refractivity contribution >= 4 is 17.7 Å². The lowest BCUT2D eigenvalue weighted by Gasteiger charge is -2.13. The summed E-state index contributed by atoms with van der Waals surface area (Å²) in [4.78, 5) is 21.2. The van der Waals surface area contributed by atoms with Gasteiger partial charge >= 0.3 is 0 Å². The van der Waals surface area contributed by atoms with E-state index in [-0.39, 0.29) is 17.6 Å². The van der Waals surface area contributed by atoms with Crippen LogP contribution in [0.25, 0.3) is 0 Å². The highest BCUT2D eigenvalue weighted by Gasteiger charge is 2.21. The van der Waals surface area contributed by atoms with E-state index in [0.717, 1.165) is 27.0 Å². The van der Waals surface area contributed by atoms with Gasteiger partial charge in [0.25, 0.3) is 0 Å². The average molecular weight is 399 g/mol. The first kappa shape index (κ1) is 20.1. The van der Waals surface area contributed by atoms with Crippen LogP contribution in [-0.2, 0) is 17.9 Å². The zero-order valence-corrected chi connectivity index (χ0v) is 17.0. The largest absolute Gasteiger partial charge is 0.349 e. The molecule has 0 atom stereocenters. The summed E-state index contributed by atoms with van der Waals surface area (Å²) in [7, 11) is 0. The van der Waals surface area contributed by atoms with Crippen molar-refractivity contribution in [1.82, 2.24) is 19.9 Å². The summed E-state index contributed by atoms with van der Waals surface area (Å²) < 4.78 is 15.8. The molecule has 0 saturated heterocycles. The maximum atomic E-state index is 13.7. The van der Waals surface area contributed by atoms with Gasteiger partial charge in [-0.05, 0) is 35.7 Å². The summed E-state index contributed by atoms with van der Waals surface area (Å²) in [5.41, 5.74) is 1.96. The Morgan fingerprint density at radius 1 is 1.29 bits per heavy atom. The fourth-order valence-electron chi connectivity index (χ4n) is 2.80. The standard InChI is InChI=1S/C21H23FN4OS/c1-14(2)20-21(28-18-8-4-7-17(22)10-18)26(13-16-6-5-9-23-11-16)19(25-20)12-24-15(3)27/h4-11,14H,12-13H2,1-3H3,(H,24,27). The van der Waals surface area contributed by atoms with Gasteiger partial charge in [-0.3, -0.25) is 9.78 Å². The molecule has 2 aromatic heterocycles. The highest BCUT2D eigenvalue weighted by atomic mass is 32.2. The second-order valence-corrected chi connectivity index (χ2v) is 7.85. The number of carbonyl (C=O) groups excluding carboxylic acids is 1. The topological polar surface area (TPSA) is 59.8 Å². The smallest absolute Gasteiger partial charge is 0.217 e. The maximum absolute atomic E-state index is 13.7. The van der Waals surface area contributed by atoms with Gasteiger partial charge in [-0.25, -0.2) is 9.37 Å². The number of halogens is 1. The van der Waals surface area contributed by atoms with Gasteiger partial charge < -0.3 is 9.88 Å². The Balaban J connectivity index is 2.06. The normalized spacial score (nSPS) is 11.0. The monoisotopic (exact) mass is 398 g/mol. The minimum Gasteiger partial charge on any atom is -0.349 e. The summed E-state index contributed by atoms with van der Waals surface area (Å²) in [6.45, 7) is 6.54. The highest BCUT2D eigenvalue weighted by Crippen LogP contribution is 2.35. The molecule has 1 N–H and O–H groups in total. The fraction of sp³-hybridized carbons (Fsp3) is 0.286. The molecule has 2 heterocycles. The van der Waals surface area contributed by atoms with E-state index in [1.165, 1.54) is 30.8 Å². The number of nitrogens with one attached hydrogen (secondary N) is 1. The zero-order chi connectivity index (χ0) is 20.1. The van der Waals surface area contributed by atoms with Crippen molar-refractivity contribution in [2.75, 3.05) is 0 Å². The van der Waals surface area contributed by atoms with Crippen molar-refractivity contribution in [2.45, 2.75) is 49.7 Å². The molecule has 0 spiro atoms. The van der Waals surface area contributed by atoms with Crippen LogP contribution in [0.4, 0.5) is 4.39 Å². The van der Waals surface area contributed by atoms with Crippen LogP contribution in [0.3, 0.4) is 0 Å². The van der Waals surface area contributed by atoms with Gasteiger partial charge in [0.1, 0.15) is 16.7 Å². The van der Waals surface area contributed by atoms with Crippen LogP contribution in [0.2, 0.25) is 0 Å². The number of imidazole rings is 1. The van der Waals surface area contributed by atoms with Crippen molar-refractivity contribution in [3.63, 3.8) is 0 Å². The lowest BCUT2D eigenvalue weighted by atomic mass is 10.1. The fourth-order valence-corrected chi connectivity index (χ4v) is 4.01. The molecule has 0 aliphatic heterocycles. The van der Waals surface area contributed by atoms with Crippen molar-refractivity contribution in [1.29, 1.82) is 0 Å². The minimum absolute atomic E-state index is 0.110. The molecule has 28 heavy (non-hydrogen) atoms. The maximum Gasteiger partial charge on any atom is 0.217 e. The van der Waals surface area contributed by atoms with Gasteiger partial charge in [0.15, 0.2) is 0 Å². The number of pyridine rings is 1. The van der Waals surface area contributed by atoms with E-state index in [0.29, 0.717) is 13.1 Å². The van der Waals surface area contributed by atoms with Crippen molar-refractivity contribution in [3.05, 3.63) is 71.7 Å². The Kier molecular flexibility index (Phi) is 6.46. The van der Waals surface area contributed by atoms with Crippen LogP contribution in [-0.4, -0.2) is 20.4 Å². The Labute approximate surface area is 168 Å². The Bertz CT molecular complexity index is 956. The number of benzene rings is 1. The summed E-state index contributed by atoms with van der Waals surface area (Å²) in [5.74, 6) is 0.568. The van der Waals surface area contributed by atoms with Gasteiger partial charge in [-0.2, -0.15) is 0 Å². The highest BCUT2D eigenvalue weighted by molar-refractivity contribution is 7.99. The predicted octanol–water partition coefficient (Wildman–Crippen LogP) is 4.38. The van der Waals surface area contributed by atoms with E-state index < -0.39 is 0 Å². The predicted molar refractivity (Wildman–Crippen MR) is 108 cm³/mol. The molecule has 0 bridgehead atoms. The SMILES string of the molecule is CC(=O)NCc1nc(C(C)C)c(Sc2cccc(F)c2)n1Cc1cccnc1. The van der Waals surface area contributed by atoms with E-state index in [1.807, 2.05) is 24.4 Å². The molecule has 0 saturated carbocycles. The van der Waals surface area contributed by atoms with E-state index in [2.05, 4.69) is 28.7 Å². The molecule has 1 aromatic carbocycles. The molecule has 3 aromatic rings. The third kappa shape index (κ3) is 4.98. The minimum atomic E-state index is -0.270. The molecule has 0 aliphatic rings. The molecular formula is C21H23FN4OS. The molecule has 0 fully saturated rings. The molecule has 5 nitrogen and oxygen atoms in total. The van der Waals surface area contributed by atoms with Crippen LogP contribution in [0.1, 0.15) is 43.8 Å². The van der Waals surface area contributed by atoms with Gasteiger partial charge in [0.2, 0.25) is 5.91 Å². The van der Waals surface area contributed by atoms with Gasteiger partial charge in [0, 0.05) is 24.2 Å². The van der Waals surface area contributed by atoms with Gasteiger partial charge in [-0.1, -0.05) is 37.7 Å². The Morgan fingerprint density at radius 3 is 2.75 bits per heavy atom. The van der Waals surface area contributed by atoms with Crippen LogP contribution in [0, 0.1) is 5.82 Å². The average Bonchev–Trinajstić information content (AvgIpc) is 2.98. The van der Waals surface area contributed by atoms with E-state index in [9.17, 15) is 9.18 Å². The number of amides is 1. The lowest BCUT2D eigenvalue weighted by molar-refractivity contribution is -0.119. The van der Waals surface area contributed by atoms with E-state index >= 15 is 0 Å². The first-order valence-corrected chi connectivity index (χ1v) is 9.91. The van der Waals surface area contributed by atoms with Crippen LogP contribution >= 0.6 is 11.8 Å². The number of rotatable bonds is 7. The Morgan fingerprint density at radius 2 is 2.11 bits per heavy atom. The summed E-state index contributed by atoms with van der Waals surface area (Å²) >= 11 is 1.49. The second-order valence-electron chi connectivity index (χ2n) is 6.79. The first-order chi connectivity index (χ1) is 13.4. The number of hydrogen-bond acceptors (Lipinski definition) is 4. The van der Waals surface area contributed by atoms with E-state index in [1.54, 1.807) is 12.3 Å². The molecule has 7 heteroatoms. The molecule has 0 aliphatic carbocycles. The summed E-state index contributed by atoms with van der Waals surface area (Å²) in [6, 6.07) is 10.4. The second kappa shape index (κ2) is 9.01. The van der Waals surface area contributed by atoms with Crippen molar-refractivity contribution < 1.29 is 9.18 Å². The Hall–Kier alpha value is -2.67. The third-order valence-electron chi connectivity index (χ3n) is 4.14.